The van der Waals surface area contributed by atoms with E-state index < -0.39 is 27.8 Å². The largest absolute Gasteiger partial charge is 0.287 e. The van der Waals surface area contributed by atoms with Gasteiger partial charge in [-0.25, -0.2) is 23.0 Å². The van der Waals surface area contributed by atoms with Crippen molar-refractivity contribution in [1.82, 2.24) is 15.6 Å². The summed E-state index contributed by atoms with van der Waals surface area (Å²) in [5, 5.41) is 0. The number of hydrazine groups is 1. The zero-order chi connectivity index (χ0) is 20.7. The summed E-state index contributed by atoms with van der Waals surface area (Å²) < 4.78 is 40.6. The van der Waals surface area contributed by atoms with Crippen LogP contribution >= 0.6 is 0 Å². The minimum Gasteiger partial charge on any atom is -0.287 e. The highest BCUT2D eigenvalue weighted by Gasteiger charge is 2.18. The van der Waals surface area contributed by atoms with E-state index in [0.29, 0.717) is 0 Å². The number of nitrogens with one attached hydrogen (secondary N) is 3. The average Bonchev–Trinajstić information content (AvgIpc) is 2.75. The molecule has 0 aliphatic heterocycles. The molecule has 0 saturated carbocycles. The molecule has 0 aromatic heterocycles. The first-order valence-electron chi connectivity index (χ1n) is 8.87. The summed E-state index contributed by atoms with van der Waals surface area (Å²) in [6, 6.07) is 21.7. The molecule has 3 rings (SSSR count). The van der Waals surface area contributed by atoms with Crippen LogP contribution in [0.3, 0.4) is 0 Å². The molecule has 3 aromatic rings. The Bertz CT molecular complexity index is 1040. The summed E-state index contributed by atoms with van der Waals surface area (Å²) in [5.74, 6) is -0.899. The monoisotopic (exact) mass is 413 g/mol. The fourth-order valence-electron chi connectivity index (χ4n) is 2.64. The van der Waals surface area contributed by atoms with Gasteiger partial charge in [0.1, 0.15) is 5.82 Å². The fourth-order valence-corrected chi connectivity index (χ4v) is 3.71. The quantitative estimate of drug-likeness (QED) is 0.496. The van der Waals surface area contributed by atoms with Crippen LogP contribution in [0.25, 0.3) is 0 Å². The maximum atomic E-state index is 13.0. The number of carbonyl (C=O) groups is 1. The molecule has 8 heteroatoms. The van der Waals surface area contributed by atoms with Gasteiger partial charge in [-0.05, 0) is 42.0 Å². The normalized spacial score (nSPS) is 12.3. The van der Waals surface area contributed by atoms with E-state index in [0.717, 1.165) is 5.56 Å². The third-order valence-electron chi connectivity index (χ3n) is 4.20. The minimum absolute atomic E-state index is 0.00490. The second-order valence-corrected chi connectivity index (χ2v) is 8.00. The van der Waals surface area contributed by atoms with E-state index in [1.807, 2.05) is 30.3 Å². The lowest BCUT2D eigenvalue weighted by molar-refractivity contribution is 0.0925. The zero-order valence-electron chi connectivity index (χ0n) is 15.4. The van der Waals surface area contributed by atoms with Gasteiger partial charge in [-0.15, -0.1) is 0 Å². The molecule has 0 radical (unpaired) electrons. The molecule has 0 aliphatic carbocycles. The van der Waals surface area contributed by atoms with E-state index in [2.05, 4.69) is 15.6 Å². The smallest absolute Gasteiger partial charge is 0.265 e. The van der Waals surface area contributed by atoms with Gasteiger partial charge in [0.05, 0.1) is 10.9 Å². The highest BCUT2D eigenvalue weighted by molar-refractivity contribution is 7.89. The summed E-state index contributed by atoms with van der Waals surface area (Å²) >= 11 is 0. The van der Waals surface area contributed by atoms with Crippen molar-refractivity contribution >= 4 is 15.9 Å². The average molecular weight is 413 g/mol. The van der Waals surface area contributed by atoms with E-state index in [-0.39, 0.29) is 17.0 Å². The van der Waals surface area contributed by atoms with Gasteiger partial charge in [0.2, 0.25) is 10.0 Å². The second-order valence-electron chi connectivity index (χ2n) is 6.23. The highest BCUT2D eigenvalue weighted by Crippen LogP contribution is 2.13. The maximum absolute atomic E-state index is 13.0. The summed E-state index contributed by atoms with van der Waals surface area (Å²) in [6.45, 7) is 0.00490. The van der Waals surface area contributed by atoms with Gasteiger partial charge in [-0.1, -0.05) is 48.5 Å². The second kappa shape index (κ2) is 9.42. The van der Waals surface area contributed by atoms with Gasteiger partial charge < -0.3 is 0 Å². The van der Waals surface area contributed by atoms with Gasteiger partial charge in [-0.2, -0.15) is 0 Å². The summed E-state index contributed by atoms with van der Waals surface area (Å²) in [7, 11) is -3.70. The molecule has 1 unspecified atom stereocenters. The Labute approximate surface area is 168 Å². The molecule has 0 heterocycles. The van der Waals surface area contributed by atoms with Gasteiger partial charge >= 0.3 is 0 Å². The SMILES string of the molecule is O=C(NNC(CNS(=O)(=O)c1ccccc1)c1ccccc1)c1ccc(F)cc1. The third-order valence-corrected chi connectivity index (χ3v) is 5.64. The number of benzene rings is 3. The molecule has 1 amide bonds. The number of carbonyl (C=O) groups excluding carboxylic acids is 1. The number of hydrogen-bond acceptors (Lipinski definition) is 4. The molecule has 150 valence electrons. The topological polar surface area (TPSA) is 87.3 Å². The first kappa shape index (κ1) is 20.7. The molecule has 6 nitrogen and oxygen atoms in total. The van der Waals surface area contributed by atoms with E-state index >= 15 is 0 Å². The number of halogens is 1. The van der Waals surface area contributed by atoms with Crippen LogP contribution in [-0.4, -0.2) is 20.9 Å². The van der Waals surface area contributed by atoms with Crippen molar-refractivity contribution in [2.24, 2.45) is 0 Å². The van der Waals surface area contributed by atoms with E-state index in [1.165, 1.54) is 36.4 Å². The summed E-state index contributed by atoms with van der Waals surface area (Å²) in [5.41, 5.74) is 6.45. The van der Waals surface area contributed by atoms with E-state index in [1.54, 1.807) is 18.2 Å². The van der Waals surface area contributed by atoms with E-state index in [4.69, 9.17) is 0 Å². The number of sulfonamides is 1. The van der Waals surface area contributed by atoms with Crippen LogP contribution in [0.2, 0.25) is 0 Å². The summed E-state index contributed by atoms with van der Waals surface area (Å²) in [6.07, 6.45) is 0. The lowest BCUT2D eigenvalue weighted by atomic mass is 10.1. The number of rotatable bonds is 8. The zero-order valence-corrected chi connectivity index (χ0v) is 16.2. The Hall–Kier alpha value is -3.07. The Morgan fingerprint density at radius 2 is 1.45 bits per heavy atom. The van der Waals surface area contributed by atoms with Gasteiger partial charge in [-0.3, -0.25) is 10.2 Å². The summed E-state index contributed by atoms with van der Waals surface area (Å²) in [4.78, 5) is 12.4. The first-order valence-corrected chi connectivity index (χ1v) is 10.3. The van der Waals surface area contributed by atoms with Crippen LogP contribution in [0.15, 0.2) is 89.8 Å². The van der Waals surface area contributed by atoms with Crippen LogP contribution < -0.4 is 15.6 Å². The molecule has 0 aliphatic rings. The first-order chi connectivity index (χ1) is 14.0. The molecule has 0 fully saturated rings. The maximum Gasteiger partial charge on any atom is 0.265 e. The van der Waals surface area contributed by atoms with Gasteiger partial charge in [0.15, 0.2) is 0 Å². The lowest BCUT2D eigenvalue weighted by Gasteiger charge is -2.20. The third kappa shape index (κ3) is 5.71. The molecule has 0 bridgehead atoms. The lowest BCUT2D eigenvalue weighted by Crippen LogP contribution is -2.44. The van der Waals surface area contributed by atoms with Crippen molar-refractivity contribution in [1.29, 1.82) is 0 Å². The molecule has 1 atom stereocenters. The molecular weight excluding hydrogens is 393 g/mol. The van der Waals surface area contributed by atoms with Crippen LogP contribution in [0, 0.1) is 5.82 Å². The van der Waals surface area contributed by atoms with Crippen molar-refractivity contribution in [3.63, 3.8) is 0 Å². The molecule has 3 aromatic carbocycles. The predicted octanol–water partition coefficient (Wildman–Crippen LogP) is 2.78. The van der Waals surface area contributed by atoms with Crippen LogP contribution in [-0.2, 0) is 10.0 Å². The van der Waals surface area contributed by atoms with Crippen molar-refractivity contribution in [3.8, 4) is 0 Å². The molecule has 0 saturated heterocycles. The Morgan fingerprint density at radius 1 is 0.862 bits per heavy atom. The standard InChI is InChI=1S/C21H20FN3O3S/c22-18-13-11-17(12-14-18)21(26)25-24-20(16-7-3-1-4-8-16)15-23-29(27,28)19-9-5-2-6-10-19/h1-14,20,23-24H,15H2,(H,25,26). The predicted molar refractivity (Wildman–Crippen MR) is 108 cm³/mol. The molecular formula is C21H20FN3O3S. The molecule has 0 spiro atoms. The van der Waals surface area contributed by atoms with Gasteiger partial charge in [0, 0.05) is 12.1 Å². The van der Waals surface area contributed by atoms with Crippen molar-refractivity contribution in [2.75, 3.05) is 6.54 Å². The van der Waals surface area contributed by atoms with Crippen molar-refractivity contribution in [3.05, 3.63) is 102 Å². The van der Waals surface area contributed by atoms with Gasteiger partial charge in [0.25, 0.3) is 5.91 Å². The molecule has 3 N–H and O–H groups in total. The minimum atomic E-state index is -3.70. The Kier molecular flexibility index (Phi) is 6.71. The fraction of sp³-hybridized carbons (Fsp3) is 0.0952. The highest BCUT2D eigenvalue weighted by atomic mass is 32.2. The van der Waals surface area contributed by atoms with Crippen LogP contribution in [0.1, 0.15) is 22.0 Å². The Morgan fingerprint density at radius 3 is 2.07 bits per heavy atom. The molecule has 29 heavy (non-hydrogen) atoms. The van der Waals surface area contributed by atoms with Crippen molar-refractivity contribution < 1.29 is 17.6 Å². The Balaban J connectivity index is 1.70. The van der Waals surface area contributed by atoms with Crippen LogP contribution in [0.5, 0.6) is 0 Å². The number of amides is 1. The number of hydrogen-bond donors (Lipinski definition) is 3. The van der Waals surface area contributed by atoms with Crippen molar-refractivity contribution in [2.45, 2.75) is 10.9 Å². The van der Waals surface area contributed by atoms with Crippen LogP contribution in [0.4, 0.5) is 4.39 Å². The van der Waals surface area contributed by atoms with E-state index in [9.17, 15) is 17.6 Å².